The maximum atomic E-state index is 12.0. The summed E-state index contributed by atoms with van der Waals surface area (Å²) >= 11 is 1.34. The maximum absolute atomic E-state index is 12.0. The van der Waals surface area contributed by atoms with Crippen LogP contribution >= 0.6 is 11.3 Å². The molecule has 164 valence electrons. The Bertz CT molecular complexity index is 800. The Morgan fingerprint density at radius 1 is 1.40 bits per heavy atom. The van der Waals surface area contributed by atoms with Crippen molar-refractivity contribution in [3.8, 4) is 5.75 Å². The van der Waals surface area contributed by atoms with Gasteiger partial charge in [-0.1, -0.05) is 12.1 Å². The number of β-amino-alcohol motifs (C(OH)–C–C–N with tert-alkyl or cyclic N) is 1. The molecule has 2 aromatic rings. The molecular weight excluding hydrogens is 404 g/mol. The van der Waals surface area contributed by atoms with Crippen LogP contribution in [-0.2, 0) is 6.54 Å². The van der Waals surface area contributed by atoms with E-state index < -0.39 is 11.7 Å². The fraction of sp³-hybridized carbons (Fsp3) is 0.524. The van der Waals surface area contributed by atoms with E-state index in [0.29, 0.717) is 38.4 Å². The average Bonchev–Trinajstić information content (AvgIpc) is 3.25. The zero-order chi connectivity index (χ0) is 21.6. The van der Waals surface area contributed by atoms with E-state index in [1.54, 1.807) is 10.9 Å². The molecule has 8 nitrogen and oxygen atoms in total. The van der Waals surface area contributed by atoms with Crippen molar-refractivity contribution in [2.24, 2.45) is 0 Å². The first-order valence-electron chi connectivity index (χ1n) is 10.0. The summed E-state index contributed by atoms with van der Waals surface area (Å²) in [6.45, 7) is 3.14. The molecule has 0 bridgehead atoms. The second kappa shape index (κ2) is 10.3. The van der Waals surface area contributed by atoms with Gasteiger partial charge >= 0.3 is 0 Å². The number of hydrogen-bond donors (Lipinski definition) is 3. The molecule has 0 saturated carbocycles. The van der Waals surface area contributed by atoms with Gasteiger partial charge in [-0.15, -0.1) is 11.3 Å². The number of aliphatic hydroxyl groups excluding tert-OH is 1. The lowest BCUT2D eigenvalue weighted by Crippen LogP contribution is -2.60. The minimum atomic E-state index is -1.34. The standard InChI is InChI=1S/C21H30N4O4S/c1-24(2)9-10-29-17-5-3-16(4-6-17)11-25-8-7-21(28,19(26)12-25)14-22-20(27)18-13-30-15-23-18/h3-6,13,15,19,26,28H,7-12,14H2,1-2H3,(H,22,27)/t19-,21-/m1/s1. The van der Waals surface area contributed by atoms with Crippen molar-refractivity contribution in [3.63, 3.8) is 0 Å². The van der Waals surface area contributed by atoms with Crippen LogP contribution in [0.5, 0.6) is 5.75 Å². The van der Waals surface area contributed by atoms with Crippen molar-refractivity contribution in [1.29, 1.82) is 0 Å². The predicted molar refractivity (Wildman–Crippen MR) is 116 cm³/mol. The van der Waals surface area contributed by atoms with E-state index in [2.05, 4.69) is 20.1 Å². The van der Waals surface area contributed by atoms with Gasteiger partial charge in [-0.2, -0.15) is 0 Å². The van der Waals surface area contributed by atoms with Gasteiger partial charge in [0.05, 0.1) is 11.6 Å². The normalized spacial score (nSPS) is 22.2. The molecule has 9 heteroatoms. The Hall–Kier alpha value is -2.04. The van der Waals surface area contributed by atoms with E-state index in [0.717, 1.165) is 17.9 Å². The number of nitrogens with zero attached hydrogens (tertiary/aromatic N) is 3. The Labute approximate surface area is 181 Å². The fourth-order valence-electron chi connectivity index (χ4n) is 3.32. The number of aromatic nitrogens is 1. The summed E-state index contributed by atoms with van der Waals surface area (Å²) in [5, 5.41) is 25.7. The molecule has 0 radical (unpaired) electrons. The number of carbonyl (C=O) groups excluding carboxylic acids is 1. The first kappa shape index (κ1) is 22.6. The van der Waals surface area contributed by atoms with Crippen molar-refractivity contribution in [2.75, 3.05) is 46.9 Å². The van der Waals surface area contributed by atoms with Gasteiger partial charge in [0, 0.05) is 38.1 Å². The van der Waals surface area contributed by atoms with Crippen LogP contribution in [0.3, 0.4) is 0 Å². The van der Waals surface area contributed by atoms with Crippen LogP contribution in [0.4, 0.5) is 0 Å². The molecule has 0 unspecified atom stereocenters. The van der Waals surface area contributed by atoms with Gasteiger partial charge < -0.3 is 25.2 Å². The number of likely N-dealkylation sites (tertiary alicyclic amines) is 1. The van der Waals surface area contributed by atoms with E-state index in [9.17, 15) is 15.0 Å². The zero-order valence-corrected chi connectivity index (χ0v) is 18.3. The molecule has 0 spiro atoms. The molecule has 0 aliphatic carbocycles. The lowest BCUT2D eigenvalue weighted by Gasteiger charge is -2.42. The van der Waals surface area contributed by atoms with Crippen LogP contribution in [0, 0.1) is 0 Å². The van der Waals surface area contributed by atoms with E-state index >= 15 is 0 Å². The Morgan fingerprint density at radius 3 is 2.80 bits per heavy atom. The van der Waals surface area contributed by atoms with Gasteiger partial charge in [0.25, 0.3) is 5.91 Å². The molecule has 1 saturated heterocycles. The van der Waals surface area contributed by atoms with Crippen LogP contribution < -0.4 is 10.1 Å². The number of hydrogen-bond acceptors (Lipinski definition) is 8. The van der Waals surface area contributed by atoms with Crippen molar-refractivity contribution < 1.29 is 19.7 Å². The third-order valence-electron chi connectivity index (χ3n) is 5.27. The van der Waals surface area contributed by atoms with Crippen LogP contribution in [0.1, 0.15) is 22.5 Å². The van der Waals surface area contributed by atoms with Gasteiger partial charge in [-0.05, 0) is 38.2 Å². The molecule has 2 heterocycles. The monoisotopic (exact) mass is 434 g/mol. The minimum Gasteiger partial charge on any atom is -0.492 e. The lowest BCUT2D eigenvalue weighted by molar-refractivity contribution is -0.116. The Kier molecular flexibility index (Phi) is 7.79. The molecule has 30 heavy (non-hydrogen) atoms. The number of ether oxygens (including phenoxy) is 1. The van der Waals surface area contributed by atoms with Crippen LogP contribution in [0.25, 0.3) is 0 Å². The summed E-state index contributed by atoms with van der Waals surface area (Å²) in [7, 11) is 4.02. The molecule has 1 fully saturated rings. The zero-order valence-electron chi connectivity index (χ0n) is 17.5. The van der Waals surface area contributed by atoms with Crippen molar-refractivity contribution in [1.82, 2.24) is 20.1 Å². The maximum Gasteiger partial charge on any atom is 0.270 e. The van der Waals surface area contributed by atoms with Gasteiger partial charge in [0.15, 0.2) is 0 Å². The van der Waals surface area contributed by atoms with Gasteiger partial charge in [0.1, 0.15) is 23.7 Å². The largest absolute Gasteiger partial charge is 0.492 e. The van der Waals surface area contributed by atoms with Crippen molar-refractivity contribution >= 4 is 17.2 Å². The number of amides is 1. The predicted octanol–water partition coefficient (Wildman–Crippen LogP) is 0.811. The summed E-state index contributed by atoms with van der Waals surface area (Å²) < 4.78 is 5.71. The summed E-state index contributed by atoms with van der Waals surface area (Å²) in [5.41, 5.74) is 1.68. The molecule has 1 aliphatic rings. The highest BCUT2D eigenvalue weighted by molar-refractivity contribution is 7.07. The summed E-state index contributed by atoms with van der Waals surface area (Å²) in [5.74, 6) is 0.497. The number of likely N-dealkylation sites (N-methyl/N-ethyl adjacent to an activating group) is 1. The van der Waals surface area contributed by atoms with Crippen LogP contribution in [0.2, 0.25) is 0 Å². The fourth-order valence-corrected chi connectivity index (χ4v) is 3.85. The van der Waals surface area contributed by atoms with E-state index in [4.69, 9.17) is 4.74 Å². The number of thiazole rings is 1. The Morgan fingerprint density at radius 2 is 2.17 bits per heavy atom. The van der Waals surface area contributed by atoms with E-state index in [1.165, 1.54) is 11.3 Å². The summed E-state index contributed by atoms with van der Waals surface area (Å²) in [6.07, 6.45) is -0.576. The Balaban J connectivity index is 1.46. The van der Waals surface area contributed by atoms with E-state index in [-0.39, 0.29) is 12.5 Å². The first-order valence-corrected chi connectivity index (χ1v) is 11.0. The molecule has 1 aromatic carbocycles. The molecule has 1 aromatic heterocycles. The quantitative estimate of drug-likeness (QED) is 0.537. The molecular formula is C21H30N4O4S. The van der Waals surface area contributed by atoms with Crippen LogP contribution in [0.15, 0.2) is 35.2 Å². The molecule has 3 N–H and O–H groups in total. The second-order valence-corrected chi connectivity index (χ2v) is 8.68. The highest BCUT2D eigenvalue weighted by atomic mass is 32.1. The lowest BCUT2D eigenvalue weighted by atomic mass is 9.88. The average molecular weight is 435 g/mol. The molecule has 1 amide bonds. The first-order chi connectivity index (χ1) is 14.4. The van der Waals surface area contributed by atoms with Gasteiger partial charge in [-0.3, -0.25) is 9.69 Å². The minimum absolute atomic E-state index is 0.00263. The topological polar surface area (TPSA) is 98.2 Å². The smallest absolute Gasteiger partial charge is 0.270 e. The molecule has 3 rings (SSSR count). The second-order valence-electron chi connectivity index (χ2n) is 7.96. The summed E-state index contributed by atoms with van der Waals surface area (Å²) in [4.78, 5) is 20.2. The highest BCUT2D eigenvalue weighted by Gasteiger charge is 2.40. The number of piperidine rings is 1. The molecule has 1 aliphatic heterocycles. The highest BCUT2D eigenvalue weighted by Crippen LogP contribution is 2.24. The third kappa shape index (κ3) is 6.23. The van der Waals surface area contributed by atoms with Gasteiger partial charge in [0.2, 0.25) is 0 Å². The number of benzene rings is 1. The van der Waals surface area contributed by atoms with E-state index in [1.807, 2.05) is 38.4 Å². The molecule has 2 atom stereocenters. The van der Waals surface area contributed by atoms with Crippen molar-refractivity contribution in [2.45, 2.75) is 24.7 Å². The number of aliphatic hydroxyl groups is 2. The number of rotatable bonds is 9. The van der Waals surface area contributed by atoms with Crippen LogP contribution in [-0.4, -0.2) is 89.5 Å². The van der Waals surface area contributed by atoms with Crippen molar-refractivity contribution in [3.05, 3.63) is 46.4 Å². The SMILES string of the molecule is CN(C)CCOc1ccc(CN2CC[C@@](O)(CNC(=O)c3cscn3)[C@H](O)C2)cc1. The number of nitrogens with one attached hydrogen (secondary N) is 1. The number of carbonyl (C=O) groups is 1. The third-order valence-corrected chi connectivity index (χ3v) is 5.86. The summed E-state index contributed by atoms with van der Waals surface area (Å²) in [6, 6.07) is 7.95. The van der Waals surface area contributed by atoms with Gasteiger partial charge in [-0.25, -0.2) is 4.98 Å².